The molecule has 2 aliphatic carbocycles. The minimum absolute atomic E-state index is 0.00463. The van der Waals surface area contributed by atoms with Gasteiger partial charge in [0.25, 0.3) is 0 Å². The predicted octanol–water partition coefficient (Wildman–Crippen LogP) is 0.690. The maximum atomic E-state index is 11.6. The number of aliphatic hydroxyl groups is 1. The third kappa shape index (κ3) is 0.645. The second-order valence-electron chi connectivity index (χ2n) is 4.50. The lowest BCUT2D eigenvalue weighted by molar-refractivity contribution is -0.160. The summed E-state index contributed by atoms with van der Waals surface area (Å²) in [6.45, 7) is 1.92. The van der Waals surface area contributed by atoms with Gasteiger partial charge in [-0.2, -0.15) is 0 Å². The zero-order chi connectivity index (χ0) is 9.22. The van der Waals surface area contributed by atoms with Crippen molar-refractivity contribution in [1.29, 1.82) is 0 Å². The molecule has 3 aliphatic rings. The fourth-order valence-corrected chi connectivity index (χ4v) is 3.24. The molecule has 3 heteroatoms. The van der Waals surface area contributed by atoms with E-state index >= 15 is 0 Å². The van der Waals surface area contributed by atoms with Gasteiger partial charge >= 0.3 is 5.97 Å². The number of aliphatic hydroxyl groups excluding tert-OH is 1. The topological polar surface area (TPSA) is 46.5 Å². The maximum absolute atomic E-state index is 11.6. The molecule has 1 aliphatic heterocycles. The summed E-state index contributed by atoms with van der Waals surface area (Å²) in [7, 11) is 0. The lowest BCUT2D eigenvalue weighted by atomic mass is 9.71. The summed E-state index contributed by atoms with van der Waals surface area (Å²) in [4.78, 5) is 11.6. The first-order valence-corrected chi connectivity index (χ1v) is 4.71. The summed E-state index contributed by atoms with van der Waals surface area (Å²) < 4.78 is 4.89. The number of hydrogen-bond donors (Lipinski definition) is 1. The van der Waals surface area contributed by atoms with Crippen molar-refractivity contribution in [3.8, 4) is 0 Å². The normalized spacial score (nSPS) is 56.9. The fourth-order valence-electron chi connectivity index (χ4n) is 3.24. The van der Waals surface area contributed by atoms with Crippen LogP contribution < -0.4 is 0 Å². The minimum Gasteiger partial charge on any atom is -0.435 e. The Bertz CT molecular complexity index is 309. The molecule has 0 aromatic rings. The second kappa shape index (κ2) is 1.98. The molecule has 1 heterocycles. The standard InChI is InChI=1S/C10H12O3/c1-10-6-3-2-5(4-6)7(10)8(11)13-9(10)12/h2-3,5-8,11H,4H2,1H3/t5-,6+,7+,8-,10+/m0/s1. The van der Waals surface area contributed by atoms with Gasteiger partial charge < -0.3 is 9.84 Å². The van der Waals surface area contributed by atoms with Crippen LogP contribution in [0.5, 0.6) is 0 Å². The van der Waals surface area contributed by atoms with E-state index in [9.17, 15) is 9.90 Å². The van der Waals surface area contributed by atoms with Crippen LogP contribution in [0.2, 0.25) is 0 Å². The first-order chi connectivity index (χ1) is 6.14. The summed E-state index contributed by atoms with van der Waals surface area (Å²) in [5.74, 6) is 0.403. The van der Waals surface area contributed by atoms with Gasteiger partial charge in [0, 0.05) is 5.92 Å². The Morgan fingerprint density at radius 1 is 1.62 bits per heavy atom. The molecule has 2 fully saturated rings. The van der Waals surface area contributed by atoms with Crippen molar-refractivity contribution in [2.24, 2.45) is 23.2 Å². The van der Waals surface area contributed by atoms with Crippen molar-refractivity contribution >= 4 is 5.97 Å². The van der Waals surface area contributed by atoms with Crippen LogP contribution in [0.4, 0.5) is 0 Å². The third-order valence-electron chi connectivity index (χ3n) is 4.02. The van der Waals surface area contributed by atoms with Gasteiger partial charge in [-0.3, -0.25) is 4.79 Å². The van der Waals surface area contributed by atoms with E-state index in [0.717, 1.165) is 6.42 Å². The van der Waals surface area contributed by atoms with E-state index in [-0.39, 0.29) is 17.8 Å². The van der Waals surface area contributed by atoms with Gasteiger partial charge in [0.2, 0.25) is 6.29 Å². The molecule has 2 bridgehead atoms. The van der Waals surface area contributed by atoms with Gasteiger partial charge in [-0.05, 0) is 25.2 Å². The van der Waals surface area contributed by atoms with E-state index in [1.54, 1.807) is 0 Å². The maximum Gasteiger partial charge on any atom is 0.315 e. The molecular weight excluding hydrogens is 168 g/mol. The highest BCUT2D eigenvalue weighted by Gasteiger charge is 2.65. The van der Waals surface area contributed by atoms with E-state index in [1.165, 1.54) is 0 Å². The summed E-state index contributed by atoms with van der Waals surface area (Å²) in [6, 6.07) is 0. The number of rotatable bonds is 0. The SMILES string of the molecule is C[C@]12C(=O)O[C@H](O)[C@H]1[C@H]1C=C[C@@H]2C1. The molecule has 0 spiro atoms. The average Bonchev–Trinajstić information content (AvgIpc) is 2.66. The lowest BCUT2D eigenvalue weighted by Crippen LogP contribution is -2.35. The smallest absolute Gasteiger partial charge is 0.315 e. The quantitative estimate of drug-likeness (QED) is 0.440. The number of fused-ring (bicyclic) bond motifs is 5. The second-order valence-corrected chi connectivity index (χ2v) is 4.50. The Labute approximate surface area is 76.4 Å². The molecule has 0 unspecified atom stereocenters. The number of carbonyl (C=O) groups excluding carboxylic acids is 1. The van der Waals surface area contributed by atoms with Crippen molar-refractivity contribution in [3.63, 3.8) is 0 Å². The summed E-state index contributed by atoms with van der Waals surface area (Å²) in [5.41, 5.74) is -0.446. The van der Waals surface area contributed by atoms with Crippen LogP contribution in [-0.4, -0.2) is 17.4 Å². The molecule has 13 heavy (non-hydrogen) atoms. The van der Waals surface area contributed by atoms with Gasteiger partial charge in [-0.25, -0.2) is 0 Å². The number of esters is 1. The summed E-state index contributed by atoms with van der Waals surface area (Å²) in [6.07, 6.45) is 4.34. The van der Waals surface area contributed by atoms with Crippen molar-refractivity contribution in [2.45, 2.75) is 19.6 Å². The average molecular weight is 180 g/mol. The molecule has 1 saturated carbocycles. The van der Waals surface area contributed by atoms with E-state index in [2.05, 4.69) is 12.2 Å². The fraction of sp³-hybridized carbons (Fsp3) is 0.700. The van der Waals surface area contributed by atoms with Crippen molar-refractivity contribution in [1.82, 2.24) is 0 Å². The van der Waals surface area contributed by atoms with Crippen LogP contribution in [0, 0.1) is 23.2 Å². The Balaban J connectivity index is 2.12. The Kier molecular flexibility index (Phi) is 1.15. The highest BCUT2D eigenvalue weighted by Crippen LogP contribution is 2.60. The Hall–Kier alpha value is -0.830. The zero-order valence-electron chi connectivity index (χ0n) is 7.43. The first kappa shape index (κ1) is 7.56. The Morgan fingerprint density at radius 2 is 2.38 bits per heavy atom. The molecule has 0 aromatic heterocycles. The highest BCUT2D eigenvalue weighted by molar-refractivity contribution is 5.81. The Morgan fingerprint density at radius 3 is 3.08 bits per heavy atom. The number of carbonyl (C=O) groups is 1. The molecule has 0 radical (unpaired) electrons. The number of cyclic esters (lactones) is 1. The largest absolute Gasteiger partial charge is 0.435 e. The van der Waals surface area contributed by atoms with Crippen LogP contribution >= 0.6 is 0 Å². The monoisotopic (exact) mass is 180 g/mol. The molecule has 0 amide bonds. The van der Waals surface area contributed by atoms with Gasteiger partial charge in [-0.1, -0.05) is 12.2 Å². The van der Waals surface area contributed by atoms with Gasteiger partial charge in [-0.15, -0.1) is 0 Å². The van der Waals surface area contributed by atoms with Crippen LogP contribution in [0.1, 0.15) is 13.3 Å². The minimum atomic E-state index is -0.877. The van der Waals surface area contributed by atoms with E-state index in [4.69, 9.17) is 4.74 Å². The molecule has 1 N–H and O–H groups in total. The molecule has 3 rings (SSSR count). The predicted molar refractivity (Wildman–Crippen MR) is 44.4 cm³/mol. The summed E-state index contributed by atoms with van der Waals surface area (Å²) in [5, 5.41) is 9.58. The van der Waals surface area contributed by atoms with E-state index < -0.39 is 11.7 Å². The molecule has 70 valence electrons. The van der Waals surface area contributed by atoms with Crippen molar-refractivity contribution in [2.75, 3.05) is 0 Å². The molecular formula is C10H12O3. The van der Waals surface area contributed by atoms with Crippen LogP contribution in [-0.2, 0) is 9.53 Å². The first-order valence-electron chi connectivity index (χ1n) is 4.71. The van der Waals surface area contributed by atoms with Crippen molar-refractivity contribution in [3.05, 3.63) is 12.2 Å². The zero-order valence-corrected chi connectivity index (χ0v) is 7.43. The van der Waals surface area contributed by atoms with Crippen LogP contribution in [0.25, 0.3) is 0 Å². The van der Waals surface area contributed by atoms with E-state index in [1.807, 2.05) is 6.92 Å². The molecule has 1 saturated heterocycles. The van der Waals surface area contributed by atoms with E-state index in [0.29, 0.717) is 5.92 Å². The molecule has 5 atom stereocenters. The lowest BCUT2D eigenvalue weighted by Gasteiger charge is -2.27. The summed E-state index contributed by atoms with van der Waals surface area (Å²) >= 11 is 0. The van der Waals surface area contributed by atoms with Gasteiger partial charge in [0.05, 0.1) is 5.41 Å². The number of hydrogen-bond acceptors (Lipinski definition) is 3. The molecule has 3 nitrogen and oxygen atoms in total. The van der Waals surface area contributed by atoms with Gasteiger partial charge in [0.1, 0.15) is 0 Å². The third-order valence-corrected chi connectivity index (χ3v) is 4.02. The van der Waals surface area contributed by atoms with Crippen LogP contribution in [0.3, 0.4) is 0 Å². The number of allylic oxidation sites excluding steroid dienone is 2. The van der Waals surface area contributed by atoms with Crippen molar-refractivity contribution < 1.29 is 14.6 Å². The molecule has 0 aromatic carbocycles. The van der Waals surface area contributed by atoms with Gasteiger partial charge in [0.15, 0.2) is 0 Å². The van der Waals surface area contributed by atoms with Crippen LogP contribution in [0.15, 0.2) is 12.2 Å². The highest BCUT2D eigenvalue weighted by atomic mass is 16.6. The number of ether oxygens (including phenoxy) is 1.